The molecule has 0 bridgehead atoms. The summed E-state index contributed by atoms with van der Waals surface area (Å²) in [6, 6.07) is 21.7. The second kappa shape index (κ2) is 8.80. The van der Waals surface area contributed by atoms with Crippen molar-refractivity contribution in [3.05, 3.63) is 101 Å². The van der Waals surface area contributed by atoms with Gasteiger partial charge in [-0.25, -0.2) is 4.98 Å². The van der Waals surface area contributed by atoms with Crippen molar-refractivity contribution in [2.45, 2.75) is 13.1 Å². The summed E-state index contributed by atoms with van der Waals surface area (Å²) in [5.41, 5.74) is 9.65. The van der Waals surface area contributed by atoms with Crippen LogP contribution in [0.5, 0.6) is 0 Å². The summed E-state index contributed by atoms with van der Waals surface area (Å²) in [5.74, 6) is -0.0824. The van der Waals surface area contributed by atoms with Gasteiger partial charge in [0.25, 0.3) is 0 Å². The smallest absolute Gasteiger partial charge is 0.250 e. The predicted octanol–water partition coefficient (Wildman–Crippen LogP) is 4.36. The van der Waals surface area contributed by atoms with E-state index in [0.717, 1.165) is 16.8 Å². The number of hydrogen-bond acceptors (Lipinski definition) is 4. The molecule has 4 rings (SSSR count). The standard InChI is InChI=1S/C23H20ClN5O/c24-20-11-18(22(25)30)12-26-23(20)27-13-19-15-29(14-16-7-3-1-4-8-16)28-21(19)17-9-5-2-6-10-17/h1-12,15H,13-14H2,(H2,25,30)(H,26,27). The molecule has 2 aromatic heterocycles. The van der Waals surface area contributed by atoms with Gasteiger partial charge in [-0.3, -0.25) is 9.48 Å². The summed E-state index contributed by atoms with van der Waals surface area (Å²) in [6.45, 7) is 1.15. The van der Waals surface area contributed by atoms with E-state index in [1.54, 1.807) is 0 Å². The maximum absolute atomic E-state index is 11.3. The van der Waals surface area contributed by atoms with Gasteiger partial charge >= 0.3 is 0 Å². The van der Waals surface area contributed by atoms with Gasteiger partial charge in [0.1, 0.15) is 5.82 Å². The summed E-state index contributed by atoms with van der Waals surface area (Å²) in [7, 11) is 0. The summed E-state index contributed by atoms with van der Waals surface area (Å²) in [5, 5.41) is 8.38. The number of rotatable bonds is 7. The third-order valence-corrected chi connectivity index (χ3v) is 4.93. The molecular weight excluding hydrogens is 398 g/mol. The zero-order chi connectivity index (χ0) is 20.9. The van der Waals surface area contributed by atoms with Crippen LogP contribution in [0.15, 0.2) is 79.1 Å². The first kappa shape index (κ1) is 19.7. The third kappa shape index (κ3) is 4.50. The van der Waals surface area contributed by atoms with Crippen LogP contribution in [-0.2, 0) is 13.1 Å². The average molecular weight is 418 g/mol. The van der Waals surface area contributed by atoms with Crippen LogP contribution in [0.1, 0.15) is 21.5 Å². The summed E-state index contributed by atoms with van der Waals surface area (Å²) in [6.07, 6.45) is 3.43. The number of nitrogens with two attached hydrogens (primary N) is 1. The predicted molar refractivity (Wildman–Crippen MR) is 118 cm³/mol. The number of benzene rings is 2. The molecule has 4 aromatic rings. The molecule has 7 heteroatoms. The molecule has 2 aromatic carbocycles. The Morgan fingerprint density at radius 2 is 1.77 bits per heavy atom. The van der Waals surface area contributed by atoms with E-state index in [-0.39, 0.29) is 5.56 Å². The van der Waals surface area contributed by atoms with Crippen molar-refractivity contribution in [3.63, 3.8) is 0 Å². The normalized spacial score (nSPS) is 10.7. The molecule has 0 spiro atoms. The third-order valence-electron chi connectivity index (χ3n) is 4.64. The second-order valence-electron chi connectivity index (χ2n) is 6.82. The maximum atomic E-state index is 11.3. The van der Waals surface area contributed by atoms with Crippen LogP contribution in [0.25, 0.3) is 11.3 Å². The number of anilines is 1. The molecule has 0 aliphatic carbocycles. The van der Waals surface area contributed by atoms with Crippen molar-refractivity contribution in [1.29, 1.82) is 0 Å². The number of carbonyl (C=O) groups is 1. The van der Waals surface area contributed by atoms with Crippen molar-refractivity contribution < 1.29 is 4.79 Å². The first-order valence-electron chi connectivity index (χ1n) is 9.45. The quantitative estimate of drug-likeness (QED) is 0.468. The first-order valence-corrected chi connectivity index (χ1v) is 9.83. The number of halogens is 1. The molecule has 3 N–H and O–H groups in total. The SMILES string of the molecule is NC(=O)c1cnc(NCc2cn(Cc3ccccc3)nc2-c2ccccc2)c(Cl)c1. The summed E-state index contributed by atoms with van der Waals surface area (Å²) < 4.78 is 1.93. The molecular formula is C23H20ClN5O. The van der Waals surface area contributed by atoms with Crippen LogP contribution in [-0.4, -0.2) is 20.7 Å². The van der Waals surface area contributed by atoms with E-state index in [4.69, 9.17) is 22.4 Å². The number of amides is 1. The Morgan fingerprint density at radius 1 is 1.07 bits per heavy atom. The van der Waals surface area contributed by atoms with Gasteiger partial charge < -0.3 is 11.1 Å². The van der Waals surface area contributed by atoms with Gasteiger partial charge in [-0.1, -0.05) is 72.3 Å². The number of carbonyl (C=O) groups excluding carboxylic acids is 1. The minimum absolute atomic E-state index is 0.270. The van der Waals surface area contributed by atoms with Crippen molar-refractivity contribution in [2.24, 2.45) is 5.73 Å². The van der Waals surface area contributed by atoms with Gasteiger partial charge in [-0.05, 0) is 11.6 Å². The number of nitrogens with zero attached hydrogens (tertiary/aromatic N) is 3. The Morgan fingerprint density at radius 3 is 2.43 bits per heavy atom. The Hall–Kier alpha value is -3.64. The topological polar surface area (TPSA) is 85.8 Å². The van der Waals surface area contributed by atoms with Crippen LogP contribution in [0.4, 0.5) is 5.82 Å². The van der Waals surface area contributed by atoms with Crippen LogP contribution < -0.4 is 11.1 Å². The lowest BCUT2D eigenvalue weighted by Gasteiger charge is -2.08. The first-order chi connectivity index (χ1) is 14.6. The molecule has 2 heterocycles. The molecule has 0 fully saturated rings. The molecule has 0 aliphatic rings. The average Bonchev–Trinajstić information content (AvgIpc) is 3.16. The van der Waals surface area contributed by atoms with E-state index in [2.05, 4.69) is 22.4 Å². The Labute approximate surface area is 179 Å². The minimum Gasteiger partial charge on any atom is -0.366 e. The van der Waals surface area contributed by atoms with E-state index in [1.165, 1.54) is 17.8 Å². The van der Waals surface area contributed by atoms with Crippen LogP contribution in [0.3, 0.4) is 0 Å². The lowest BCUT2D eigenvalue weighted by Crippen LogP contribution is -2.12. The van der Waals surface area contributed by atoms with Gasteiger partial charge in [0, 0.05) is 30.1 Å². The van der Waals surface area contributed by atoms with Crippen molar-refractivity contribution in [1.82, 2.24) is 14.8 Å². The van der Waals surface area contributed by atoms with E-state index < -0.39 is 5.91 Å². The van der Waals surface area contributed by atoms with E-state index in [9.17, 15) is 4.79 Å². The molecule has 6 nitrogen and oxygen atoms in total. The molecule has 0 aliphatic heterocycles. The molecule has 1 amide bonds. The number of aromatic nitrogens is 3. The van der Waals surface area contributed by atoms with Gasteiger partial charge in [-0.2, -0.15) is 5.10 Å². The summed E-state index contributed by atoms with van der Waals surface area (Å²) in [4.78, 5) is 15.5. The largest absolute Gasteiger partial charge is 0.366 e. The Bertz CT molecular complexity index is 1160. The highest BCUT2D eigenvalue weighted by Crippen LogP contribution is 2.25. The van der Waals surface area contributed by atoms with E-state index in [1.807, 2.05) is 59.4 Å². The highest BCUT2D eigenvalue weighted by atomic mass is 35.5. The lowest BCUT2D eigenvalue weighted by atomic mass is 10.1. The molecule has 0 unspecified atom stereocenters. The monoisotopic (exact) mass is 417 g/mol. The number of pyridine rings is 1. The number of nitrogens with one attached hydrogen (secondary N) is 1. The van der Waals surface area contributed by atoms with Crippen LogP contribution in [0.2, 0.25) is 5.02 Å². The molecule has 0 radical (unpaired) electrons. The molecule has 0 atom stereocenters. The Kier molecular flexibility index (Phi) is 5.77. The number of primary amides is 1. The highest BCUT2D eigenvalue weighted by Gasteiger charge is 2.13. The van der Waals surface area contributed by atoms with E-state index in [0.29, 0.717) is 23.9 Å². The lowest BCUT2D eigenvalue weighted by molar-refractivity contribution is 0.1000. The fraction of sp³-hybridized carbons (Fsp3) is 0.0870. The fourth-order valence-corrected chi connectivity index (χ4v) is 3.40. The van der Waals surface area contributed by atoms with Gasteiger partial charge in [0.05, 0.1) is 22.8 Å². The molecule has 30 heavy (non-hydrogen) atoms. The zero-order valence-corrected chi connectivity index (χ0v) is 16.9. The highest BCUT2D eigenvalue weighted by molar-refractivity contribution is 6.33. The fourth-order valence-electron chi connectivity index (χ4n) is 3.16. The van der Waals surface area contributed by atoms with Crippen molar-refractivity contribution in [2.75, 3.05) is 5.32 Å². The van der Waals surface area contributed by atoms with Crippen molar-refractivity contribution in [3.8, 4) is 11.3 Å². The Balaban J connectivity index is 1.60. The minimum atomic E-state index is -0.565. The van der Waals surface area contributed by atoms with Crippen LogP contribution in [0, 0.1) is 0 Å². The van der Waals surface area contributed by atoms with Gasteiger partial charge in [0.2, 0.25) is 5.91 Å². The molecule has 150 valence electrons. The van der Waals surface area contributed by atoms with Gasteiger partial charge in [0.15, 0.2) is 0 Å². The number of hydrogen-bond donors (Lipinski definition) is 2. The van der Waals surface area contributed by atoms with Gasteiger partial charge in [-0.15, -0.1) is 0 Å². The second-order valence-corrected chi connectivity index (χ2v) is 7.23. The zero-order valence-electron chi connectivity index (χ0n) is 16.1. The molecule has 0 saturated heterocycles. The van der Waals surface area contributed by atoms with Crippen LogP contribution >= 0.6 is 11.6 Å². The maximum Gasteiger partial charge on any atom is 0.250 e. The molecule has 0 saturated carbocycles. The van der Waals surface area contributed by atoms with Crippen molar-refractivity contribution >= 4 is 23.3 Å². The van der Waals surface area contributed by atoms with E-state index >= 15 is 0 Å². The summed E-state index contributed by atoms with van der Waals surface area (Å²) >= 11 is 6.26.